The normalized spacial score (nSPS) is 22.4. The highest BCUT2D eigenvalue weighted by atomic mass is 35.5. The molecule has 0 aromatic heterocycles. The Hall–Kier alpha value is -3.13. The molecule has 2 aromatic carbocycles. The Morgan fingerprint density at radius 2 is 1.59 bits per heavy atom. The number of barbiturate groups is 1. The average Bonchev–Trinajstić information content (AvgIpc) is 2.80. The Balaban J connectivity index is 1.68. The van der Waals surface area contributed by atoms with Gasteiger partial charge >= 0.3 is 6.03 Å². The lowest BCUT2D eigenvalue weighted by Crippen LogP contribution is -2.74. The van der Waals surface area contributed by atoms with Gasteiger partial charge in [0.25, 0.3) is 0 Å². The monoisotopic (exact) mass is 456 g/mol. The first-order valence-corrected chi connectivity index (χ1v) is 10.8. The Morgan fingerprint density at radius 1 is 0.938 bits per heavy atom. The Bertz CT molecular complexity index is 1130. The lowest BCUT2D eigenvalue weighted by atomic mass is 9.67. The van der Waals surface area contributed by atoms with Gasteiger partial charge in [0.15, 0.2) is 5.41 Å². The minimum absolute atomic E-state index is 0.0773. The van der Waals surface area contributed by atoms with E-state index in [-0.39, 0.29) is 18.8 Å². The molecule has 2 aromatic rings. The van der Waals surface area contributed by atoms with Crippen molar-refractivity contribution in [2.75, 3.05) is 43.5 Å². The highest BCUT2D eigenvalue weighted by Gasteiger charge is 2.64. The van der Waals surface area contributed by atoms with E-state index >= 15 is 0 Å². The molecule has 0 bridgehead atoms. The summed E-state index contributed by atoms with van der Waals surface area (Å²) in [5.41, 5.74) is 0.457. The minimum atomic E-state index is -1.54. The maximum atomic E-state index is 14.6. The van der Waals surface area contributed by atoms with Crippen molar-refractivity contribution in [1.82, 2.24) is 9.80 Å². The zero-order valence-corrected chi connectivity index (χ0v) is 18.5. The van der Waals surface area contributed by atoms with E-state index in [2.05, 4.69) is 0 Å². The van der Waals surface area contributed by atoms with Crippen LogP contribution in [0.5, 0.6) is 0 Å². The zero-order valence-electron chi connectivity index (χ0n) is 17.7. The number of anilines is 2. The van der Waals surface area contributed by atoms with Gasteiger partial charge in [-0.15, -0.1) is 0 Å². The van der Waals surface area contributed by atoms with Crippen molar-refractivity contribution < 1.29 is 18.8 Å². The van der Waals surface area contributed by atoms with E-state index in [0.29, 0.717) is 29.4 Å². The predicted octanol–water partition coefficient (Wildman–Crippen LogP) is 2.77. The van der Waals surface area contributed by atoms with E-state index in [4.69, 9.17) is 11.6 Å². The van der Waals surface area contributed by atoms with Gasteiger partial charge in [-0.3, -0.25) is 19.4 Å². The van der Waals surface area contributed by atoms with Crippen LogP contribution in [-0.2, 0) is 16.0 Å². The van der Waals surface area contributed by atoms with E-state index in [1.54, 1.807) is 24.3 Å². The molecule has 0 saturated carbocycles. The molecule has 1 spiro atoms. The van der Waals surface area contributed by atoms with Crippen molar-refractivity contribution >= 4 is 40.8 Å². The molecule has 7 nitrogen and oxygen atoms in total. The van der Waals surface area contributed by atoms with Crippen molar-refractivity contribution in [2.24, 2.45) is 5.41 Å². The third kappa shape index (κ3) is 2.68. The summed E-state index contributed by atoms with van der Waals surface area (Å²) in [4.78, 5) is 45.7. The fourth-order valence-electron chi connectivity index (χ4n) is 5.33. The van der Waals surface area contributed by atoms with E-state index in [1.165, 1.54) is 20.2 Å². The smallest absolute Gasteiger partial charge is 0.332 e. The van der Waals surface area contributed by atoms with E-state index < -0.39 is 29.3 Å². The topological polar surface area (TPSA) is 64.2 Å². The number of hydrogen-bond acceptors (Lipinski definition) is 5. The van der Waals surface area contributed by atoms with Crippen LogP contribution in [0.15, 0.2) is 42.5 Å². The lowest BCUT2D eigenvalue weighted by Gasteiger charge is -2.56. The molecule has 4 amide bonds. The molecular formula is C23H22ClFN4O3. The molecule has 0 radical (unpaired) electrons. The maximum Gasteiger partial charge on any atom is 0.332 e. The summed E-state index contributed by atoms with van der Waals surface area (Å²) in [6.45, 7) is 1.22. The number of halogens is 2. The first-order chi connectivity index (χ1) is 15.3. The molecule has 1 unspecified atom stereocenters. The standard InChI is InChI=1S/C23H22ClFN4O3/c1-26-20(30)23(21(31)27(2)22(26)32)12-14-15(24)6-5-9-17(14)29-11-10-28(13-19(23)29)18-8-4-3-7-16(18)25/h3-9,19H,10-13H2,1-2H3. The fraction of sp³-hybridized carbons (Fsp3) is 0.348. The largest absolute Gasteiger partial charge is 0.365 e. The number of amides is 4. The first-order valence-electron chi connectivity index (χ1n) is 10.4. The highest BCUT2D eigenvalue weighted by molar-refractivity contribution is 6.32. The molecule has 166 valence electrons. The Morgan fingerprint density at radius 3 is 2.28 bits per heavy atom. The Labute approximate surface area is 189 Å². The van der Waals surface area contributed by atoms with Crippen LogP contribution in [-0.4, -0.2) is 67.4 Å². The summed E-state index contributed by atoms with van der Waals surface area (Å²) in [6, 6.07) is 10.7. The second-order valence-electron chi connectivity index (χ2n) is 8.50. The molecule has 3 aliphatic rings. The summed E-state index contributed by atoms with van der Waals surface area (Å²) in [6.07, 6.45) is 0.0773. The highest BCUT2D eigenvalue weighted by Crippen LogP contribution is 2.48. The van der Waals surface area contributed by atoms with Crippen LogP contribution in [0.4, 0.5) is 20.6 Å². The van der Waals surface area contributed by atoms with Crippen molar-refractivity contribution in [1.29, 1.82) is 0 Å². The number of imide groups is 2. The van der Waals surface area contributed by atoms with E-state index in [1.807, 2.05) is 21.9 Å². The third-order valence-corrected chi connectivity index (χ3v) is 7.30. The first kappa shape index (κ1) is 20.8. The summed E-state index contributed by atoms with van der Waals surface area (Å²) < 4.78 is 14.6. The molecule has 0 aliphatic carbocycles. The molecule has 9 heteroatoms. The van der Waals surface area contributed by atoms with Gasteiger partial charge in [0, 0.05) is 50.9 Å². The number of fused-ring (bicyclic) bond motifs is 4. The van der Waals surface area contributed by atoms with E-state index in [9.17, 15) is 18.8 Å². The SMILES string of the molecule is CN1C(=O)N(C)C(=O)C2(Cc3c(Cl)cccc3N3CCN(c4ccccc4F)CC32)C1=O. The predicted molar refractivity (Wildman–Crippen MR) is 118 cm³/mol. The van der Waals surface area contributed by atoms with Gasteiger partial charge in [0.1, 0.15) is 5.82 Å². The Kier molecular flexibility index (Phi) is 4.67. The van der Waals surface area contributed by atoms with Crippen LogP contribution < -0.4 is 9.80 Å². The quantitative estimate of drug-likeness (QED) is 0.617. The van der Waals surface area contributed by atoms with Gasteiger partial charge < -0.3 is 9.80 Å². The van der Waals surface area contributed by atoms with Gasteiger partial charge in [0.05, 0.1) is 11.7 Å². The van der Waals surface area contributed by atoms with Crippen molar-refractivity contribution in [3.63, 3.8) is 0 Å². The number of rotatable bonds is 1. The molecular weight excluding hydrogens is 435 g/mol. The summed E-state index contributed by atoms with van der Waals surface area (Å²) in [5, 5.41) is 0.472. The number of carbonyl (C=O) groups excluding carboxylic acids is 3. The van der Waals surface area contributed by atoms with Crippen molar-refractivity contribution in [3.8, 4) is 0 Å². The van der Waals surface area contributed by atoms with Crippen LogP contribution in [0.1, 0.15) is 5.56 Å². The zero-order chi connectivity index (χ0) is 22.8. The number of hydrogen-bond donors (Lipinski definition) is 0. The third-order valence-electron chi connectivity index (χ3n) is 6.95. The second kappa shape index (κ2) is 7.20. The van der Waals surface area contributed by atoms with E-state index in [0.717, 1.165) is 15.5 Å². The lowest BCUT2D eigenvalue weighted by molar-refractivity contribution is -0.159. The van der Waals surface area contributed by atoms with Crippen LogP contribution in [0.3, 0.4) is 0 Å². The molecule has 2 saturated heterocycles. The van der Waals surface area contributed by atoms with Crippen LogP contribution in [0.2, 0.25) is 5.02 Å². The van der Waals surface area contributed by atoms with Crippen LogP contribution in [0, 0.1) is 11.2 Å². The molecule has 3 aliphatic heterocycles. The molecule has 1 atom stereocenters. The maximum absolute atomic E-state index is 14.6. The second-order valence-corrected chi connectivity index (χ2v) is 8.91. The summed E-state index contributed by atoms with van der Waals surface area (Å²) >= 11 is 6.51. The van der Waals surface area contributed by atoms with Gasteiger partial charge in [0.2, 0.25) is 11.8 Å². The number of para-hydroxylation sites is 1. The number of nitrogens with zero attached hydrogens (tertiary/aromatic N) is 4. The number of carbonyl (C=O) groups is 3. The molecule has 5 rings (SSSR count). The molecule has 0 N–H and O–H groups in total. The van der Waals surface area contributed by atoms with Crippen molar-refractivity contribution in [3.05, 3.63) is 58.9 Å². The summed E-state index contributed by atoms with van der Waals surface area (Å²) in [7, 11) is 2.78. The van der Waals surface area contributed by atoms with Gasteiger partial charge in [-0.2, -0.15) is 0 Å². The molecule has 32 heavy (non-hydrogen) atoms. The van der Waals surface area contributed by atoms with Crippen LogP contribution >= 0.6 is 11.6 Å². The number of benzene rings is 2. The van der Waals surface area contributed by atoms with Gasteiger partial charge in [-0.1, -0.05) is 29.8 Å². The average molecular weight is 457 g/mol. The van der Waals surface area contributed by atoms with Gasteiger partial charge in [-0.05, 0) is 29.8 Å². The fourth-order valence-corrected chi connectivity index (χ4v) is 5.57. The number of urea groups is 1. The molecule has 2 fully saturated rings. The summed E-state index contributed by atoms with van der Waals surface area (Å²) in [5.74, 6) is -1.47. The van der Waals surface area contributed by atoms with Crippen molar-refractivity contribution in [2.45, 2.75) is 12.5 Å². The van der Waals surface area contributed by atoms with Gasteiger partial charge in [-0.25, -0.2) is 9.18 Å². The van der Waals surface area contributed by atoms with Crippen LogP contribution in [0.25, 0.3) is 0 Å². The number of piperazine rings is 1. The minimum Gasteiger partial charge on any atom is -0.365 e. The molecule has 3 heterocycles.